The molecule has 3 fully saturated rings. The number of benzene rings is 1. The predicted octanol–water partition coefficient (Wildman–Crippen LogP) is 2.38. The van der Waals surface area contributed by atoms with E-state index < -0.39 is 6.04 Å². The summed E-state index contributed by atoms with van der Waals surface area (Å²) < 4.78 is 0. The van der Waals surface area contributed by atoms with Gasteiger partial charge in [0, 0.05) is 6.54 Å². The molecule has 0 unspecified atom stereocenters. The number of carbonyl (C=O) groups is 2. The van der Waals surface area contributed by atoms with Crippen LogP contribution < -0.4 is 5.48 Å². The largest absolute Gasteiger partial charge is 0.345 e. The molecule has 2 heterocycles. The first-order valence-corrected chi connectivity index (χ1v) is 9.44. The molecule has 0 aromatic heterocycles. The molecule has 1 N–H and O–H groups in total. The van der Waals surface area contributed by atoms with Gasteiger partial charge in [0.1, 0.15) is 12.6 Å². The van der Waals surface area contributed by atoms with Crippen LogP contribution in [0.2, 0.25) is 0 Å². The third-order valence-electron chi connectivity index (χ3n) is 5.47. The van der Waals surface area contributed by atoms with Gasteiger partial charge in [-0.25, -0.2) is 10.3 Å². The summed E-state index contributed by atoms with van der Waals surface area (Å²) in [6.07, 6.45) is 5.73. The Hall–Kier alpha value is -2.12. The predicted molar refractivity (Wildman–Crippen MR) is 93.5 cm³/mol. The van der Waals surface area contributed by atoms with E-state index in [1.807, 2.05) is 30.3 Å². The number of hydrogen-bond acceptors (Lipinski definition) is 4. The van der Waals surface area contributed by atoms with Crippen LogP contribution in [0.1, 0.15) is 44.1 Å². The fraction of sp³-hybridized carbons (Fsp3) is 0.579. The smallest absolute Gasteiger partial charge is 0.309 e. The van der Waals surface area contributed by atoms with Gasteiger partial charge in [0.2, 0.25) is 0 Å². The lowest BCUT2D eigenvalue weighted by Crippen LogP contribution is -2.50. The second-order valence-corrected chi connectivity index (χ2v) is 7.26. The number of nitrogens with one attached hydrogen (secondary N) is 1. The molecule has 2 bridgehead atoms. The standard InChI is InChI=1S/C19H25N3O4/c23-18(20-26-16-8-4-5-9-16)17-11-10-15-12-21(17)19(24)22(15)25-13-14-6-2-1-3-7-14/h1-3,6-7,15-17H,4-5,8-13H2,(H,20,23)/t15-,17+/m1/s1. The maximum absolute atomic E-state index is 12.7. The number of hydrogen-bond donors (Lipinski definition) is 1. The molecule has 1 aromatic rings. The van der Waals surface area contributed by atoms with Crippen molar-refractivity contribution < 1.29 is 19.3 Å². The van der Waals surface area contributed by atoms with Crippen LogP contribution in [0.15, 0.2) is 30.3 Å². The molecule has 1 saturated carbocycles. The molecule has 7 nitrogen and oxygen atoms in total. The van der Waals surface area contributed by atoms with Crippen molar-refractivity contribution in [2.75, 3.05) is 6.54 Å². The topological polar surface area (TPSA) is 71.1 Å². The van der Waals surface area contributed by atoms with E-state index in [0.717, 1.165) is 37.7 Å². The molecule has 2 aliphatic heterocycles. The van der Waals surface area contributed by atoms with Gasteiger partial charge < -0.3 is 4.90 Å². The highest BCUT2D eigenvalue weighted by Gasteiger charge is 2.48. The second kappa shape index (κ2) is 7.63. The van der Waals surface area contributed by atoms with Crippen LogP contribution in [0.5, 0.6) is 0 Å². The molecule has 0 radical (unpaired) electrons. The first kappa shape index (κ1) is 17.3. The van der Waals surface area contributed by atoms with Crippen LogP contribution in [0.25, 0.3) is 0 Å². The van der Waals surface area contributed by atoms with Crippen LogP contribution in [0.4, 0.5) is 4.79 Å². The van der Waals surface area contributed by atoms with E-state index >= 15 is 0 Å². The van der Waals surface area contributed by atoms with E-state index in [1.54, 1.807) is 4.90 Å². The number of piperidine rings is 1. The Morgan fingerprint density at radius 2 is 1.88 bits per heavy atom. The lowest BCUT2D eigenvalue weighted by molar-refractivity contribution is -0.144. The van der Waals surface area contributed by atoms with E-state index in [1.165, 1.54) is 5.06 Å². The Morgan fingerprint density at radius 3 is 2.65 bits per heavy atom. The third-order valence-corrected chi connectivity index (χ3v) is 5.47. The van der Waals surface area contributed by atoms with Gasteiger partial charge in [-0.1, -0.05) is 43.2 Å². The fourth-order valence-corrected chi connectivity index (χ4v) is 4.00. The summed E-state index contributed by atoms with van der Waals surface area (Å²) in [5.41, 5.74) is 3.59. The number of fused-ring (bicyclic) bond motifs is 2. The lowest BCUT2D eigenvalue weighted by atomic mass is 10.0. The number of hydroxylamine groups is 3. The number of carbonyl (C=O) groups excluding carboxylic acids is 2. The zero-order valence-corrected chi connectivity index (χ0v) is 14.8. The normalized spacial score (nSPS) is 25.8. The number of rotatable bonds is 6. The summed E-state index contributed by atoms with van der Waals surface area (Å²) in [5.74, 6) is -0.228. The van der Waals surface area contributed by atoms with Gasteiger partial charge >= 0.3 is 6.03 Å². The molecular weight excluding hydrogens is 334 g/mol. The molecule has 0 spiro atoms. The highest BCUT2D eigenvalue weighted by molar-refractivity contribution is 5.88. The fourth-order valence-electron chi connectivity index (χ4n) is 4.00. The number of nitrogens with zero attached hydrogens (tertiary/aromatic N) is 2. The van der Waals surface area contributed by atoms with Crippen LogP contribution in [0.3, 0.4) is 0 Å². The van der Waals surface area contributed by atoms with Crippen molar-refractivity contribution in [2.45, 2.75) is 63.3 Å². The molecule has 2 atom stereocenters. The summed E-state index contributed by atoms with van der Waals surface area (Å²) in [5, 5.41) is 1.44. The summed E-state index contributed by atoms with van der Waals surface area (Å²) in [4.78, 5) is 38.1. The van der Waals surface area contributed by atoms with Crippen LogP contribution in [0, 0.1) is 0 Å². The monoisotopic (exact) mass is 359 g/mol. The van der Waals surface area contributed by atoms with Crippen LogP contribution in [-0.4, -0.2) is 46.6 Å². The Labute approximate surface area is 153 Å². The molecule has 140 valence electrons. The zero-order valence-electron chi connectivity index (χ0n) is 14.8. The van der Waals surface area contributed by atoms with Gasteiger partial charge in [0.25, 0.3) is 5.91 Å². The molecule has 1 aliphatic carbocycles. The van der Waals surface area contributed by atoms with E-state index in [-0.39, 0.29) is 24.1 Å². The molecule has 2 saturated heterocycles. The molecule has 3 aliphatic rings. The van der Waals surface area contributed by atoms with Crippen molar-refractivity contribution >= 4 is 11.9 Å². The van der Waals surface area contributed by atoms with Gasteiger partial charge in [-0.15, -0.1) is 0 Å². The molecule has 1 aromatic carbocycles. The summed E-state index contributed by atoms with van der Waals surface area (Å²) in [6.45, 7) is 0.869. The summed E-state index contributed by atoms with van der Waals surface area (Å²) >= 11 is 0. The molecule has 7 heteroatoms. The summed E-state index contributed by atoms with van der Waals surface area (Å²) in [7, 11) is 0. The molecule has 4 rings (SSSR count). The van der Waals surface area contributed by atoms with Crippen molar-refractivity contribution in [3.63, 3.8) is 0 Å². The molecule has 3 amide bonds. The van der Waals surface area contributed by atoms with Gasteiger partial charge in [-0.3, -0.25) is 14.5 Å². The quantitative estimate of drug-likeness (QED) is 0.792. The average Bonchev–Trinajstić information content (AvgIpc) is 3.27. The lowest BCUT2D eigenvalue weighted by Gasteiger charge is -2.29. The van der Waals surface area contributed by atoms with E-state index in [9.17, 15) is 9.59 Å². The van der Waals surface area contributed by atoms with Crippen LogP contribution in [-0.2, 0) is 21.1 Å². The van der Waals surface area contributed by atoms with Crippen molar-refractivity contribution in [3.05, 3.63) is 35.9 Å². The van der Waals surface area contributed by atoms with Crippen molar-refractivity contribution in [2.24, 2.45) is 0 Å². The first-order valence-electron chi connectivity index (χ1n) is 9.44. The van der Waals surface area contributed by atoms with Crippen molar-refractivity contribution in [3.8, 4) is 0 Å². The minimum atomic E-state index is -0.481. The van der Waals surface area contributed by atoms with E-state index in [0.29, 0.717) is 19.6 Å². The van der Waals surface area contributed by atoms with E-state index in [4.69, 9.17) is 9.68 Å². The first-order chi connectivity index (χ1) is 12.7. The number of amides is 3. The van der Waals surface area contributed by atoms with Crippen molar-refractivity contribution in [1.29, 1.82) is 0 Å². The Bertz CT molecular complexity index is 647. The second-order valence-electron chi connectivity index (χ2n) is 7.26. The van der Waals surface area contributed by atoms with Gasteiger partial charge in [-0.05, 0) is 31.2 Å². The van der Waals surface area contributed by atoms with Gasteiger partial charge in [0.15, 0.2) is 0 Å². The Balaban J connectivity index is 1.32. The van der Waals surface area contributed by atoms with Crippen molar-refractivity contribution in [1.82, 2.24) is 15.4 Å². The molecular formula is C19H25N3O4. The Kier molecular flexibility index (Phi) is 5.08. The highest BCUT2D eigenvalue weighted by Crippen LogP contribution is 2.30. The summed E-state index contributed by atoms with van der Waals surface area (Å²) in [6, 6.07) is 9.04. The minimum Gasteiger partial charge on any atom is -0.309 e. The van der Waals surface area contributed by atoms with Gasteiger partial charge in [0.05, 0.1) is 12.1 Å². The SMILES string of the molecule is O=C(NOC1CCCC1)[C@@H]1CC[C@@H]2CN1C(=O)N2OCc1ccccc1. The highest BCUT2D eigenvalue weighted by atomic mass is 16.7. The zero-order chi connectivity index (χ0) is 17.9. The molecule has 26 heavy (non-hydrogen) atoms. The van der Waals surface area contributed by atoms with E-state index in [2.05, 4.69) is 5.48 Å². The maximum atomic E-state index is 12.7. The van der Waals surface area contributed by atoms with Crippen LogP contribution >= 0.6 is 0 Å². The Morgan fingerprint density at radius 1 is 1.12 bits per heavy atom. The maximum Gasteiger partial charge on any atom is 0.345 e. The van der Waals surface area contributed by atoms with Gasteiger partial charge in [-0.2, -0.15) is 5.06 Å². The third kappa shape index (κ3) is 3.54. The number of urea groups is 1. The average molecular weight is 359 g/mol. The minimum absolute atomic E-state index is 0.00557.